The molecule has 0 saturated heterocycles. The predicted octanol–water partition coefficient (Wildman–Crippen LogP) is 3.58. The minimum Gasteiger partial charge on any atom is -0.545 e. The maximum absolute atomic E-state index is 13.2. The number of nitrogens with one attached hydrogen (secondary N) is 2. The summed E-state index contributed by atoms with van der Waals surface area (Å²) in [6.07, 6.45) is 0. The zero-order valence-electron chi connectivity index (χ0n) is 21.4. The van der Waals surface area contributed by atoms with Gasteiger partial charge in [0.1, 0.15) is 16.5 Å². The van der Waals surface area contributed by atoms with E-state index in [0.717, 1.165) is 11.0 Å². The van der Waals surface area contributed by atoms with Crippen LogP contribution in [0.15, 0.2) is 71.4 Å². The molecule has 3 aromatic rings. The molecule has 1 aliphatic heterocycles. The van der Waals surface area contributed by atoms with Crippen molar-refractivity contribution < 1.29 is 38.6 Å². The first kappa shape index (κ1) is 29.1. The lowest BCUT2D eigenvalue weighted by molar-refractivity contribution is -0.255. The van der Waals surface area contributed by atoms with Gasteiger partial charge in [-0.15, -0.1) is 0 Å². The molecule has 0 fully saturated rings. The van der Waals surface area contributed by atoms with Gasteiger partial charge in [-0.25, -0.2) is 9.69 Å². The van der Waals surface area contributed by atoms with Crippen LogP contribution in [-0.4, -0.2) is 43.4 Å². The van der Waals surface area contributed by atoms with Gasteiger partial charge in [0, 0.05) is 22.9 Å². The largest absolute Gasteiger partial charge is 0.545 e. The molecule has 41 heavy (non-hydrogen) atoms. The number of hydrogen-bond acceptors (Lipinski definition) is 9. The van der Waals surface area contributed by atoms with E-state index in [1.165, 1.54) is 55.6 Å². The van der Waals surface area contributed by atoms with E-state index in [1.807, 2.05) is 0 Å². The van der Waals surface area contributed by atoms with E-state index < -0.39 is 34.7 Å². The molecule has 0 spiro atoms. The Hall–Kier alpha value is -4.87. The second kappa shape index (κ2) is 12.1. The Morgan fingerprint density at radius 2 is 1.66 bits per heavy atom. The maximum Gasteiger partial charge on any atom is 0.338 e. The Labute approximate surface area is 243 Å². The molecule has 3 aromatic carbocycles. The maximum atomic E-state index is 13.2. The molecule has 210 valence electrons. The zero-order valence-corrected chi connectivity index (χ0v) is 23.0. The number of rotatable bonds is 9. The number of esters is 1. The molecule has 2 N–H and O–H groups in total. The number of carbonyl (C=O) groups is 5. The zero-order chi connectivity index (χ0) is 29.8. The summed E-state index contributed by atoms with van der Waals surface area (Å²) < 4.78 is 10.0. The summed E-state index contributed by atoms with van der Waals surface area (Å²) in [5, 5.41) is 16.2. The second-order valence-corrected chi connectivity index (χ2v) is 9.17. The lowest BCUT2D eigenvalue weighted by Crippen LogP contribution is -2.32. The van der Waals surface area contributed by atoms with E-state index in [1.54, 1.807) is 13.0 Å². The van der Waals surface area contributed by atoms with Gasteiger partial charge in [-0.3, -0.25) is 14.4 Å². The minimum atomic E-state index is -1.50. The fraction of sp³-hybridized carbons (Fsp3) is 0.107. The Morgan fingerprint density at radius 3 is 2.34 bits per heavy atom. The predicted molar refractivity (Wildman–Crippen MR) is 148 cm³/mol. The van der Waals surface area contributed by atoms with Crippen LogP contribution in [0.3, 0.4) is 0 Å². The second-order valence-electron chi connectivity index (χ2n) is 8.39. The van der Waals surface area contributed by atoms with Gasteiger partial charge in [0.25, 0.3) is 17.7 Å². The normalized spacial score (nSPS) is 12.8. The SMILES string of the molecule is CCOC(=O)c1cccc(N2C(=O)C(Cl)=C(Nc3cccc(C(=O)Nc4cc(OC)c(C(=O)[O-])cc4Cl)c3)C2=O)c1. The number of carbonyl (C=O) groups excluding carboxylic acids is 5. The van der Waals surface area contributed by atoms with E-state index in [-0.39, 0.29) is 56.8 Å². The quantitative estimate of drug-likeness (QED) is 0.278. The molecule has 0 radical (unpaired) electrons. The van der Waals surface area contributed by atoms with Crippen molar-refractivity contribution in [2.24, 2.45) is 0 Å². The van der Waals surface area contributed by atoms with E-state index in [9.17, 15) is 29.1 Å². The molecule has 0 aromatic heterocycles. The van der Waals surface area contributed by atoms with Crippen molar-refractivity contribution in [3.05, 3.63) is 93.1 Å². The standard InChI is InChI=1S/C28H21Cl2N3O8/c1-3-41-28(39)15-7-5-9-17(11-15)33-25(35)22(30)23(26(33)36)31-16-8-4-6-14(10-16)24(34)32-20-13-21(40-2)18(27(37)38)12-19(20)29/h4-13,31H,3H2,1-2H3,(H,32,34)(H,37,38)/p-1. The summed E-state index contributed by atoms with van der Waals surface area (Å²) in [4.78, 5) is 63.2. The van der Waals surface area contributed by atoms with Crippen LogP contribution in [0.4, 0.5) is 17.1 Å². The highest BCUT2D eigenvalue weighted by Gasteiger charge is 2.39. The van der Waals surface area contributed by atoms with Gasteiger partial charge in [0.15, 0.2) is 0 Å². The number of aromatic carboxylic acids is 1. The number of benzene rings is 3. The van der Waals surface area contributed by atoms with Crippen molar-refractivity contribution in [2.75, 3.05) is 29.3 Å². The van der Waals surface area contributed by atoms with Crippen LogP contribution in [0.1, 0.15) is 38.0 Å². The van der Waals surface area contributed by atoms with Crippen molar-refractivity contribution in [2.45, 2.75) is 6.92 Å². The van der Waals surface area contributed by atoms with Crippen molar-refractivity contribution >= 4 is 69.9 Å². The molecule has 0 atom stereocenters. The fourth-order valence-electron chi connectivity index (χ4n) is 3.89. The molecule has 0 bridgehead atoms. The van der Waals surface area contributed by atoms with Crippen LogP contribution in [-0.2, 0) is 14.3 Å². The average Bonchev–Trinajstić information content (AvgIpc) is 3.16. The number of carboxylic acids is 1. The molecule has 0 unspecified atom stereocenters. The van der Waals surface area contributed by atoms with E-state index in [4.69, 9.17) is 32.7 Å². The highest BCUT2D eigenvalue weighted by atomic mass is 35.5. The van der Waals surface area contributed by atoms with Crippen molar-refractivity contribution in [1.29, 1.82) is 0 Å². The monoisotopic (exact) mass is 596 g/mol. The van der Waals surface area contributed by atoms with Gasteiger partial charge in [0.05, 0.1) is 41.6 Å². The van der Waals surface area contributed by atoms with Crippen LogP contribution in [0, 0.1) is 0 Å². The summed E-state index contributed by atoms with van der Waals surface area (Å²) in [7, 11) is 1.25. The van der Waals surface area contributed by atoms with Crippen LogP contribution in [0.2, 0.25) is 5.02 Å². The van der Waals surface area contributed by atoms with Crippen molar-refractivity contribution in [1.82, 2.24) is 0 Å². The van der Waals surface area contributed by atoms with Crippen LogP contribution in [0.5, 0.6) is 5.75 Å². The van der Waals surface area contributed by atoms with Gasteiger partial charge in [0.2, 0.25) is 0 Å². The average molecular weight is 597 g/mol. The van der Waals surface area contributed by atoms with Gasteiger partial charge >= 0.3 is 5.97 Å². The number of nitrogens with zero attached hydrogens (tertiary/aromatic N) is 1. The molecule has 4 rings (SSSR count). The number of ether oxygens (including phenoxy) is 2. The third-order valence-electron chi connectivity index (χ3n) is 5.79. The topological polar surface area (TPSA) is 154 Å². The lowest BCUT2D eigenvalue weighted by Gasteiger charge is -2.16. The smallest absolute Gasteiger partial charge is 0.338 e. The summed E-state index contributed by atoms with van der Waals surface area (Å²) >= 11 is 12.4. The van der Waals surface area contributed by atoms with Gasteiger partial charge in [-0.1, -0.05) is 35.3 Å². The summed E-state index contributed by atoms with van der Waals surface area (Å²) in [6.45, 7) is 1.80. The van der Waals surface area contributed by atoms with Crippen LogP contribution >= 0.6 is 23.2 Å². The van der Waals surface area contributed by atoms with Gasteiger partial charge in [-0.05, 0) is 49.4 Å². The number of imide groups is 1. The van der Waals surface area contributed by atoms with E-state index in [0.29, 0.717) is 0 Å². The Bertz CT molecular complexity index is 1640. The van der Waals surface area contributed by atoms with Crippen LogP contribution < -0.4 is 25.4 Å². The Balaban J connectivity index is 1.54. The highest BCUT2D eigenvalue weighted by molar-refractivity contribution is 6.53. The molecule has 1 heterocycles. The summed E-state index contributed by atoms with van der Waals surface area (Å²) in [6, 6.07) is 14.1. The number of carboxylic acid groups (broad SMARTS) is 1. The molecule has 1 aliphatic rings. The van der Waals surface area contributed by atoms with E-state index >= 15 is 0 Å². The fourth-order valence-corrected chi connectivity index (χ4v) is 4.31. The number of amides is 3. The molecule has 0 saturated carbocycles. The van der Waals surface area contributed by atoms with Crippen molar-refractivity contribution in [3.8, 4) is 5.75 Å². The molecule has 0 aliphatic carbocycles. The Morgan fingerprint density at radius 1 is 0.951 bits per heavy atom. The summed E-state index contributed by atoms with van der Waals surface area (Å²) in [5.74, 6) is -4.39. The van der Waals surface area contributed by atoms with Gasteiger partial charge in [-0.2, -0.15) is 0 Å². The number of anilines is 3. The summed E-state index contributed by atoms with van der Waals surface area (Å²) in [5.41, 5.74) is 0.205. The number of methoxy groups -OCH3 is 1. The minimum absolute atomic E-state index is 0.0632. The highest BCUT2D eigenvalue weighted by Crippen LogP contribution is 2.33. The number of hydrogen-bond donors (Lipinski definition) is 2. The van der Waals surface area contributed by atoms with Crippen LogP contribution in [0.25, 0.3) is 0 Å². The van der Waals surface area contributed by atoms with Gasteiger partial charge < -0.3 is 30.0 Å². The first-order valence-electron chi connectivity index (χ1n) is 11.9. The first-order chi connectivity index (χ1) is 19.5. The molecular weight excluding hydrogens is 577 g/mol. The molecule has 13 heteroatoms. The third-order valence-corrected chi connectivity index (χ3v) is 6.46. The number of halogens is 2. The van der Waals surface area contributed by atoms with E-state index in [2.05, 4.69) is 10.6 Å². The molecular formula is C28H20Cl2N3O8-. The molecule has 11 nitrogen and oxygen atoms in total. The third kappa shape index (κ3) is 6.01. The molecule has 3 amide bonds. The Kier molecular flexibility index (Phi) is 8.60. The first-order valence-corrected chi connectivity index (χ1v) is 12.6. The lowest BCUT2D eigenvalue weighted by atomic mass is 10.1. The van der Waals surface area contributed by atoms with Crippen molar-refractivity contribution in [3.63, 3.8) is 0 Å².